The molecule has 0 fully saturated rings. The average molecular weight is 410 g/mol. The largest absolute Gasteiger partial charge is 0.459 e. The van der Waals surface area contributed by atoms with Gasteiger partial charge in [-0.15, -0.1) is 0 Å². The van der Waals surface area contributed by atoms with Gasteiger partial charge >= 0.3 is 23.9 Å². The molecule has 0 heterocycles. The van der Waals surface area contributed by atoms with Crippen molar-refractivity contribution in [1.82, 2.24) is 0 Å². The standard InChI is InChI=1S/C19H22O10/c1-11(21)27-15(9-20)17(28-12(2)22)18(29-13(3)23)16(24)19(25)26-10-14-7-5-4-6-8-14/h4-9,15-18,24H,10H2,1-3H3/t15-,16-,17+,18+/m0/s1. The maximum Gasteiger partial charge on any atom is 0.339 e. The number of benzene rings is 1. The first-order chi connectivity index (χ1) is 13.6. The first-order valence-electron chi connectivity index (χ1n) is 8.51. The number of hydrogen-bond donors (Lipinski definition) is 1. The van der Waals surface area contributed by atoms with E-state index in [1.807, 2.05) is 0 Å². The number of carbonyl (C=O) groups excluding carboxylic acids is 5. The second-order valence-corrected chi connectivity index (χ2v) is 5.90. The lowest BCUT2D eigenvalue weighted by Crippen LogP contribution is -2.53. The molecule has 0 spiro atoms. The third-order valence-electron chi connectivity index (χ3n) is 3.46. The second-order valence-electron chi connectivity index (χ2n) is 5.90. The first kappa shape index (κ1) is 23.8. The van der Waals surface area contributed by atoms with Gasteiger partial charge in [-0.3, -0.25) is 19.2 Å². The van der Waals surface area contributed by atoms with E-state index in [-0.39, 0.29) is 12.9 Å². The van der Waals surface area contributed by atoms with Crippen LogP contribution < -0.4 is 0 Å². The summed E-state index contributed by atoms with van der Waals surface area (Å²) in [6.07, 6.45) is -7.40. The minimum absolute atomic E-state index is 0.119. The Morgan fingerprint density at radius 2 is 1.41 bits per heavy atom. The molecule has 0 saturated carbocycles. The lowest BCUT2D eigenvalue weighted by molar-refractivity contribution is -0.197. The second kappa shape index (κ2) is 11.5. The maximum absolute atomic E-state index is 12.3. The van der Waals surface area contributed by atoms with Gasteiger partial charge in [0.1, 0.15) is 6.61 Å². The van der Waals surface area contributed by atoms with Crippen LogP contribution in [0.1, 0.15) is 26.3 Å². The van der Waals surface area contributed by atoms with Gasteiger partial charge in [-0.1, -0.05) is 30.3 Å². The highest BCUT2D eigenvalue weighted by atomic mass is 16.6. The summed E-state index contributed by atoms with van der Waals surface area (Å²) in [5, 5.41) is 10.4. The average Bonchev–Trinajstić information content (AvgIpc) is 2.66. The molecule has 0 radical (unpaired) electrons. The van der Waals surface area contributed by atoms with E-state index in [1.165, 1.54) is 0 Å². The van der Waals surface area contributed by atoms with E-state index in [4.69, 9.17) is 18.9 Å². The minimum atomic E-state index is -2.13. The minimum Gasteiger partial charge on any atom is -0.459 e. The summed E-state index contributed by atoms with van der Waals surface area (Å²) in [4.78, 5) is 57.7. The van der Waals surface area contributed by atoms with Crippen LogP contribution >= 0.6 is 0 Å². The van der Waals surface area contributed by atoms with Crippen LogP contribution in [0.2, 0.25) is 0 Å². The fraction of sp³-hybridized carbons (Fsp3) is 0.421. The van der Waals surface area contributed by atoms with Crippen molar-refractivity contribution < 1.29 is 48.0 Å². The molecule has 158 valence electrons. The van der Waals surface area contributed by atoms with Crippen molar-refractivity contribution in [1.29, 1.82) is 0 Å². The molecule has 1 N–H and O–H groups in total. The van der Waals surface area contributed by atoms with Gasteiger partial charge in [0.15, 0.2) is 30.7 Å². The van der Waals surface area contributed by atoms with Crippen LogP contribution in [0.15, 0.2) is 30.3 Å². The highest BCUT2D eigenvalue weighted by Gasteiger charge is 2.44. The summed E-state index contributed by atoms with van der Waals surface area (Å²) in [5.74, 6) is -3.99. The number of ether oxygens (including phenoxy) is 4. The monoisotopic (exact) mass is 410 g/mol. The lowest BCUT2D eigenvalue weighted by Gasteiger charge is -2.31. The van der Waals surface area contributed by atoms with E-state index in [9.17, 15) is 29.1 Å². The van der Waals surface area contributed by atoms with Gasteiger partial charge in [-0.25, -0.2) is 4.79 Å². The molecule has 4 atom stereocenters. The molecule has 29 heavy (non-hydrogen) atoms. The van der Waals surface area contributed by atoms with Crippen molar-refractivity contribution in [2.24, 2.45) is 0 Å². The maximum atomic E-state index is 12.3. The van der Waals surface area contributed by atoms with Gasteiger partial charge in [0.25, 0.3) is 0 Å². The zero-order valence-electron chi connectivity index (χ0n) is 16.1. The molecule has 0 aliphatic rings. The van der Waals surface area contributed by atoms with Crippen LogP contribution in [0.5, 0.6) is 0 Å². The zero-order chi connectivity index (χ0) is 22.0. The van der Waals surface area contributed by atoms with Gasteiger partial charge in [0.05, 0.1) is 0 Å². The Balaban J connectivity index is 3.08. The van der Waals surface area contributed by atoms with Crippen molar-refractivity contribution in [3.63, 3.8) is 0 Å². The highest BCUT2D eigenvalue weighted by Crippen LogP contribution is 2.18. The summed E-state index contributed by atoms with van der Waals surface area (Å²) < 4.78 is 19.5. The molecule has 0 amide bonds. The Morgan fingerprint density at radius 1 is 0.897 bits per heavy atom. The third kappa shape index (κ3) is 8.09. The van der Waals surface area contributed by atoms with Crippen LogP contribution in [0.25, 0.3) is 0 Å². The van der Waals surface area contributed by atoms with Crippen LogP contribution in [-0.2, 0) is 49.5 Å². The van der Waals surface area contributed by atoms with Gasteiger partial charge in [0, 0.05) is 20.8 Å². The van der Waals surface area contributed by atoms with Gasteiger partial charge < -0.3 is 24.1 Å². The Bertz CT molecular complexity index is 730. The van der Waals surface area contributed by atoms with Gasteiger partial charge in [-0.05, 0) is 5.56 Å². The fourth-order valence-electron chi connectivity index (χ4n) is 2.33. The molecule has 0 bridgehead atoms. The predicted molar refractivity (Wildman–Crippen MR) is 95.0 cm³/mol. The summed E-state index contributed by atoms with van der Waals surface area (Å²) in [6, 6.07) is 8.54. The van der Waals surface area contributed by atoms with Crippen LogP contribution in [0.3, 0.4) is 0 Å². The summed E-state index contributed by atoms with van der Waals surface area (Å²) in [5.41, 5.74) is 0.624. The van der Waals surface area contributed by atoms with Gasteiger partial charge in [0.2, 0.25) is 0 Å². The van der Waals surface area contributed by atoms with E-state index >= 15 is 0 Å². The van der Waals surface area contributed by atoms with E-state index in [2.05, 4.69) is 0 Å². The molecule has 0 aliphatic heterocycles. The lowest BCUT2D eigenvalue weighted by atomic mass is 10.0. The highest BCUT2D eigenvalue weighted by molar-refractivity contribution is 5.77. The third-order valence-corrected chi connectivity index (χ3v) is 3.46. The Morgan fingerprint density at radius 3 is 1.90 bits per heavy atom. The van der Waals surface area contributed by atoms with E-state index < -0.39 is 48.3 Å². The smallest absolute Gasteiger partial charge is 0.339 e. The quantitative estimate of drug-likeness (QED) is 0.320. The molecular formula is C19H22O10. The molecule has 10 nitrogen and oxygen atoms in total. The number of rotatable bonds is 10. The van der Waals surface area contributed by atoms with E-state index in [0.717, 1.165) is 20.8 Å². The Hall–Kier alpha value is -3.27. The molecule has 1 rings (SSSR count). The molecule has 10 heteroatoms. The normalized spacial score (nSPS) is 14.5. The van der Waals surface area contributed by atoms with E-state index in [0.29, 0.717) is 5.56 Å². The zero-order valence-corrected chi connectivity index (χ0v) is 16.1. The summed E-state index contributed by atoms with van der Waals surface area (Å²) in [6.45, 7) is 2.75. The summed E-state index contributed by atoms with van der Waals surface area (Å²) >= 11 is 0. The number of aliphatic hydroxyl groups is 1. The van der Waals surface area contributed by atoms with Crippen LogP contribution in [0.4, 0.5) is 0 Å². The predicted octanol–water partition coefficient (Wildman–Crippen LogP) is 0.0847. The molecule has 0 aromatic heterocycles. The molecule has 1 aromatic carbocycles. The topological polar surface area (TPSA) is 143 Å². The number of aldehydes is 1. The molecule has 0 unspecified atom stereocenters. The van der Waals surface area contributed by atoms with Crippen LogP contribution in [0, 0.1) is 0 Å². The first-order valence-corrected chi connectivity index (χ1v) is 8.51. The number of aliphatic hydroxyl groups excluding tert-OH is 1. The SMILES string of the molecule is CC(=O)O[C@@H]([C@H](OC(C)=O)[C@H](O)C(=O)OCc1ccccc1)[C@H](C=O)OC(C)=O. The molecular weight excluding hydrogens is 388 g/mol. The summed E-state index contributed by atoms with van der Waals surface area (Å²) in [7, 11) is 0. The van der Waals surface area contributed by atoms with Gasteiger partial charge in [-0.2, -0.15) is 0 Å². The van der Waals surface area contributed by atoms with Crippen molar-refractivity contribution >= 4 is 30.2 Å². The number of esters is 4. The Labute approximate surface area is 166 Å². The number of hydrogen-bond acceptors (Lipinski definition) is 10. The van der Waals surface area contributed by atoms with Crippen molar-refractivity contribution in [3.05, 3.63) is 35.9 Å². The van der Waals surface area contributed by atoms with Crippen LogP contribution in [-0.4, -0.2) is 59.7 Å². The molecule has 1 aromatic rings. The number of carbonyl (C=O) groups is 5. The Kier molecular flexibility index (Phi) is 9.46. The van der Waals surface area contributed by atoms with Crippen molar-refractivity contribution in [2.45, 2.75) is 51.8 Å². The fourth-order valence-corrected chi connectivity index (χ4v) is 2.33. The molecule has 0 saturated heterocycles. The van der Waals surface area contributed by atoms with Crippen molar-refractivity contribution in [3.8, 4) is 0 Å². The van der Waals surface area contributed by atoms with E-state index in [1.54, 1.807) is 30.3 Å². The molecule has 0 aliphatic carbocycles. The van der Waals surface area contributed by atoms with Crippen molar-refractivity contribution in [2.75, 3.05) is 0 Å².